The number of halogens is 5. The summed E-state index contributed by atoms with van der Waals surface area (Å²) in [5.74, 6) is -0.862. The Hall–Kier alpha value is -2.54. The van der Waals surface area contributed by atoms with Crippen molar-refractivity contribution in [2.45, 2.75) is 74.0 Å². The van der Waals surface area contributed by atoms with Crippen molar-refractivity contribution < 1.29 is 36.3 Å². The van der Waals surface area contributed by atoms with Crippen LogP contribution in [0.3, 0.4) is 0 Å². The molecule has 1 saturated heterocycles. The van der Waals surface area contributed by atoms with Gasteiger partial charge in [0.1, 0.15) is 0 Å². The molecule has 42 heavy (non-hydrogen) atoms. The molecule has 1 aliphatic carbocycles. The fraction of sp³-hybridized carbons (Fsp3) is 0.500. The zero-order valence-corrected chi connectivity index (χ0v) is 25.2. The first-order valence-corrected chi connectivity index (χ1v) is 15.9. The van der Waals surface area contributed by atoms with Gasteiger partial charge in [-0.05, 0) is 73.7 Å². The van der Waals surface area contributed by atoms with Crippen LogP contribution in [0.1, 0.15) is 65.6 Å². The first-order valence-electron chi connectivity index (χ1n) is 13.6. The Kier molecular flexibility index (Phi) is 10.0. The predicted octanol–water partition coefficient (Wildman–Crippen LogP) is 6.23. The smallest absolute Gasteiger partial charge is 0.416 e. The summed E-state index contributed by atoms with van der Waals surface area (Å²) in [7, 11) is -2.26. The summed E-state index contributed by atoms with van der Waals surface area (Å²) >= 11 is 12.4. The minimum atomic E-state index is -4.82. The summed E-state index contributed by atoms with van der Waals surface area (Å²) in [5, 5.41) is 11.3. The first kappa shape index (κ1) is 32.4. The largest absolute Gasteiger partial charge is 0.465 e. The number of carboxylic acid groups (broad SMARTS) is 1. The molecular formula is C28H32Cl2F3N3O5S. The normalized spacial score (nSPS) is 18.7. The van der Waals surface area contributed by atoms with Crippen molar-refractivity contribution in [3.8, 4) is 0 Å². The van der Waals surface area contributed by atoms with Gasteiger partial charge in [0.15, 0.2) is 9.84 Å². The number of likely N-dealkylation sites (N-methyl/N-ethyl adjacent to an activating group) is 1. The molecule has 2 aromatic rings. The number of piperidine rings is 1. The van der Waals surface area contributed by atoms with E-state index in [0.29, 0.717) is 32.2 Å². The number of nitrogens with zero attached hydrogens (tertiary/aromatic N) is 2. The second-order valence-corrected chi connectivity index (χ2v) is 13.8. The van der Waals surface area contributed by atoms with Gasteiger partial charge in [-0.25, -0.2) is 13.2 Å². The molecule has 4 rings (SSSR count). The Balaban J connectivity index is 1.56. The summed E-state index contributed by atoms with van der Waals surface area (Å²) in [4.78, 5) is 27.3. The van der Waals surface area contributed by atoms with Gasteiger partial charge < -0.3 is 15.3 Å². The number of benzene rings is 2. The van der Waals surface area contributed by atoms with Gasteiger partial charge in [0.2, 0.25) is 0 Å². The molecule has 2 amide bonds. The highest BCUT2D eigenvalue weighted by atomic mass is 35.5. The number of carbonyl (C=O) groups is 2. The molecule has 1 heterocycles. The molecule has 0 radical (unpaired) electrons. The molecule has 2 N–H and O–H groups in total. The molecule has 14 heteroatoms. The molecular weight excluding hydrogens is 618 g/mol. The lowest BCUT2D eigenvalue weighted by molar-refractivity contribution is -0.138. The maximum Gasteiger partial charge on any atom is 0.416 e. The van der Waals surface area contributed by atoms with Gasteiger partial charge in [0.25, 0.3) is 5.91 Å². The molecule has 0 spiro atoms. The maximum atomic E-state index is 14.2. The standard InChI is InChI=1S/C28H32Cl2F3N3O5S/c1-35(27(38)39)20-5-4-10-36(15-20)16-22-23(28(31,32)33)12-17(13-24(22)30)26(37)34-14-18-11-19(29)8-9-25(18)42(40,41)21-6-2-3-7-21/h8-9,11-13,20-21H,2-7,10,14-16H2,1H3,(H,34,37)(H,38,39)/t20-/m0/s1. The molecule has 0 aromatic heterocycles. The van der Waals surface area contributed by atoms with E-state index in [4.69, 9.17) is 23.2 Å². The summed E-state index contributed by atoms with van der Waals surface area (Å²) in [6.07, 6.45) is -2.06. The Morgan fingerprint density at radius 2 is 1.79 bits per heavy atom. The van der Waals surface area contributed by atoms with Crippen molar-refractivity contribution in [2.75, 3.05) is 20.1 Å². The van der Waals surface area contributed by atoms with Crippen LogP contribution in [0.25, 0.3) is 0 Å². The number of nitrogens with one attached hydrogen (secondary N) is 1. The van der Waals surface area contributed by atoms with Gasteiger partial charge >= 0.3 is 12.3 Å². The van der Waals surface area contributed by atoms with Crippen LogP contribution in [-0.4, -0.2) is 66.8 Å². The van der Waals surface area contributed by atoms with Crippen LogP contribution in [-0.2, 0) is 29.1 Å². The van der Waals surface area contributed by atoms with Crippen LogP contribution in [0, 0.1) is 0 Å². The zero-order chi connectivity index (χ0) is 30.8. The van der Waals surface area contributed by atoms with Crippen molar-refractivity contribution in [2.24, 2.45) is 0 Å². The van der Waals surface area contributed by atoms with Gasteiger partial charge in [-0.1, -0.05) is 36.0 Å². The number of likely N-dealkylation sites (tertiary alicyclic amines) is 1. The van der Waals surface area contributed by atoms with E-state index >= 15 is 0 Å². The fourth-order valence-electron chi connectivity index (χ4n) is 5.67. The lowest BCUT2D eigenvalue weighted by Gasteiger charge is -2.37. The summed E-state index contributed by atoms with van der Waals surface area (Å²) in [5.41, 5.74) is -1.37. The molecule has 1 aliphatic heterocycles. The SMILES string of the molecule is CN(C(=O)O)[C@H]1CCCN(Cc2c(Cl)cc(C(=O)NCc3cc(Cl)ccc3S(=O)(=O)C3CCCC3)cc2C(F)(F)F)C1. The van der Waals surface area contributed by atoms with Crippen LogP contribution in [0.2, 0.25) is 10.0 Å². The molecule has 0 bridgehead atoms. The summed E-state index contributed by atoms with van der Waals surface area (Å²) < 4.78 is 69.0. The van der Waals surface area contributed by atoms with E-state index in [2.05, 4.69) is 5.32 Å². The van der Waals surface area contributed by atoms with E-state index in [1.165, 1.54) is 25.2 Å². The lowest BCUT2D eigenvalue weighted by Crippen LogP contribution is -2.48. The molecule has 8 nitrogen and oxygen atoms in total. The zero-order valence-electron chi connectivity index (χ0n) is 22.9. The third-order valence-electron chi connectivity index (χ3n) is 7.98. The number of rotatable bonds is 8. The highest BCUT2D eigenvalue weighted by Crippen LogP contribution is 2.38. The average Bonchev–Trinajstić information content (AvgIpc) is 3.48. The van der Waals surface area contributed by atoms with Crippen LogP contribution in [0.4, 0.5) is 18.0 Å². The second-order valence-electron chi connectivity index (χ2n) is 10.8. The van der Waals surface area contributed by atoms with E-state index in [0.717, 1.165) is 29.9 Å². The van der Waals surface area contributed by atoms with Gasteiger partial charge in [-0.3, -0.25) is 9.69 Å². The fourth-order valence-corrected chi connectivity index (χ4v) is 8.21. The van der Waals surface area contributed by atoms with E-state index < -0.39 is 38.8 Å². The van der Waals surface area contributed by atoms with E-state index in [9.17, 15) is 36.3 Å². The van der Waals surface area contributed by atoms with Gasteiger partial charge in [-0.2, -0.15) is 13.2 Å². The summed E-state index contributed by atoms with van der Waals surface area (Å²) in [6, 6.07) is 5.78. The van der Waals surface area contributed by atoms with Crippen molar-refractivity contribution in [3.05, 3.63) is 62.6 Å². The number of amides is 2. The van der Waals surface area contributed by atoms with Crippen molar-refractivity contribution in [3.63, 3.8) is 0 Å². The van der Waals surface area contributed by atoms with E-state index in [1.807, 2.05) is 0 Å². The monoisotopic (exact) mass is 649 g/mol. The topological polar surface area (TPSA) is 107 Å². The number of carbonyl (C=O) groups excluding carboxylic acids is 1. The Morgan fingerprint density at radius 3 is 2.43 bits per heavy atom. The van der Waals surface area contributed by atoms with Crippen molar-refractivity contribution in [1.29, 1.82) is 0 Å². The van der Waals surface area contributed by atoms with Gasteiger partial charge in [-0.15, -0.1) is 0 Å². The van der Waals surface area contributed by atoms with Crippen molar-refractivity contribution >= 4 is 45.0 Å². The maximum absolute atomic E-state index is 14.2. The summed E-state index contributed by atoms with van der Waals surface area (Å²) in [6.45, 7) is 0.258. The van der Waals surface area contributed by atoms with Crippen LogP contribution < -0.4 is 5.32 Å². The van der Waals surface area contributed by atoms with Gasteiger partial charge in [0, 0.05) is 48.3 Å². The van der Waals surface area contributed by atoms with Crippen molar-refractivity contribution in [1.82, 2.24) is 15.1 Å². The average molecular weight is 651 g/mol. The Morgan fingerprint density at radius 1 is 1.10 bits per heavy atom. The van der Waals surface area contributed by atoms with Crippen LogP contribution >= 0.6 is 23.2 Å². The quantitative estimate of drug-likeness (QED) is 0.351. The molecule has 2 fully saturated rings. The Labute approximate surface area is 252 Å². The second kappa shape index (κ2) is 13.0. The first-order chi connectivity index (χ1) is 19.7. The molecule has 0 unspecified atom stereocenters. The van der Waals surface area contributed by atoms with E-state index in [1.54, 1.807) is 4.90 Å². The number of hydrogen-bond donors (Lipinski definition) is 2. The molecule has 2 aromatic carbocycles. The number of alkyl halides is 3. The molecule has 1 atom stereocenters. The minimum absolute atomic E-state index is 0.0387. The van der Waals surface area contributed by atoms with Gasteiger partial charge in [0.05, 0.1) is 15.7 Å². The predicted molar refractivity (Wildman–Crippen MR) is 153 cm³/mol. The van der Waals surface area contributed by atoms with E-state index in [-0.39, 0.29) is 57.3 Å². The molecule has 2 aliphatic rings. The molecule has 230 valence electrons. The highest BCUT2D eigenvalue weighted by molar-refractivity contribution is 7.92. The number of hydrogen-bond acceptors (Lipinski definition) is 5. The third-order valence-corrected chi connectivity index (χ3v) is 10.9. The van der Waals surface area contributed by atoms with Crippen LogP contribution in [0.5, 0.6) is 0 Å². The number of sulfone groups is 1. The minimum Gasteiger partial charge on any atom is -0.465 e. The molecule has 1 saturated carbocycles. The highest BCUT2D eigenvalue weighted by Gasteiger charge is 2.37. The van der Waals surface area contributed by atoms with Crippen LogP contribution in [0.15, 0.2) is 35.2 Å². The Bertz CT molecular complexity index is 1450. The lowest BCUT2D eigenvalue weighted by atomic mass is 9.99. The third kappa shape index (κ3) is 7.32.